The third-order valence-corrected chi connectivity index (χ3v) is 4.28. The zero-order chi connectivity index (χ0) is 15.0. The fourth-order valence-electron chi connectivity index (χ4n) is 2.85. The van der Waals surface area contributed by atoms with Crippen molar-refractivity contribution in [2.45, 2.75) is 26.3 Å². The van der Waals surface area contributed by atoms with Crippen LogP contribution >= 0.6 is 0 Å². The number of hydrogen-bond donors (Lipinski definition) is 1. The molecule has 2 N–H and O–H groups in total. The number of carbonyl (C=O) groups is 2. The number of rotatable bonds is 3. The SMILES string of the molecule is CCn1cc(N)cc1C(=O)N1CCN(C(=O)C2CC2)CC1. The van der Waals surface area contributed by atoms with Gasteiger partial charge in [0.1, 0.15) is 5.69 Å². The summed E-state index contributed by atoms with van der Waals surface area (Å²) in [6.45, 7) is 5.20. The van der Waals surface area contributed by atoms with Gasteiger partial charge in [-0.2, -0.15) is 0 Å². The van der Waals surface area contributed by atoms with E-state index in [2.05, 4.69) is 0 Å². The normalized spacial score (nSPS) is 18.9. The van der Waals surface area contributed by atoms with Gasteiger partial charge in [0.25, 0.3) is 5.91 Å². The molecule has 0 unspecified atom stereocenters. The lowest BCUT2D eigenvalue weighted by Gasteiger charge is -2.35. The van der Waals surface area contributed by atoms with E-state index in [1.165, 1.54) is 0 Å². The van der Waals surface area contributed by atoms with Crippen LogP contribution in [0.3, 0.4) is 0 Å². The minimum atomic E-state index is 0.00655. The molecule has 2 fully saturated rings. The van der Waals surface area contributed by atoms with Crippen molar-refractivity contribution in [3.8, 4) is 0 Å². The van der Waals surface area contributed by atoms with Gasteiger partial charge in [-0.1, -0.05) is 0 Å². The van der Waals surface area contributed by atoms with Crippen molar-refractivity contribution in [1.82, 2.24) is 14.4 Å². The maximum atomic E-state index is 12.6. The second kappa shape index (κ2) is 5.42. The Labute approximate surface area is 124 Å². The van der Waals surface area contributed by atoms with E-state index in [1.807, 2.05) is 21.3 Å². The molecular formula is C15H22N4O2. The van der Waals surface area contributed by atoms with Crippen molar-refractivity contribution < 1.29 is 9.59 Å². The van der Waals surface area contributed by atoms with E-state index >= 15 is 0 Å². The third kappa shape index (κ3) is 2.75. The van der Waals surface area contributed by atoms with Gasteiger partial charge >= 0.3 is 0 Å². The van der Waals surface area contributed by atoms with E-state index in [9.17, 15) is 9.59 Å². The van der Waals surface area contributed by atoms with Crippen LogP contribution in [-0.2, 0) is 11.3 Å². The predicted octanol–water partition coefficient (Wildman–Crippen LogP) is 0.785. The van der Waals surface area contributed by atoms with Crippen LogP contribution < -0.4 is 5.73 Å². The molecule has 0 aromatic carbocycles. The van der Waals surface area contributed by atoms with Gasteiger partial charge in [-0.3, -0.25) is 9.59 Å². The summed E-state index contributed by atoms with van der Waals surface area (Å²) >= 11 is 0. The van der Waals surface area contributed by atoms with Gasteiger partial charge in [0.15, 0.2) is 0 Å². The molecule has 1 aliphatic carbocycles. The minimum Gasteiger partial charge on any atom is -0.397 e. The predicted molar refractivity (Wildman–Crippen MR) is 79.7 cm³/mol. The van der Waals surface area contributed by atoms with E-state index < -0.39 is 0 Å². The Morgan fingerprint density at radius 3 is 2.38 bits per heavy atom. The second-order valence-corrected chi connectivity index (χ2v) is 5.84. The fourth-order valence-corrected chi connectivity index (χ4v) is 2.85. The number of carbonyl (C=O) groups excluding carboxylic acids is 2. The number of piperazine rings is 1. The monoisotopic (exact) mass is 290 g/mol. The van der Waals surface area contributed by atoms with Crippen molar-refractivity contribution in [3.05, 3.63) is 18.0 Å². The Hall–Kier alpha value is -1.98. The molecule has 114 valence electrons. The molecule has 2 amide bonds. The largest absolute Gasteiger partial charge is 0.397 e. The van der Waals surface area contributed by atoms with Crippen LogP contribution in [0.15, 0.2) is 12.3 Å². The summed E-state index contributed by atoms with van der Waals surface area (Å²) in [4.78, 5) is 28.3. The van der Waals surface area contributed by atoms with Crippen LogP contribution in [-0.4, -0.2) is 52.4 Å². The molecule has 0 spiro atoms. The van der Waals surface area contributed by atoms with Gasteiger partial charge in [-0.05, 0) is 25.8 Å². The average Bonchev–Trinajstić information content (AvgIpc) is 3.28. The first-order valence-electron chi connectivity index (χ1n) is 7.64. The van der Waals surface area contributed by atoms with Crippen molar-refractivity contribution in [1.29, 1.82) is 0 Å². The summed E-state index contributed by atoms with van der Waals surface area (Å²) in [6, 6.07) is 1.73. The molecule has 6 heteroatoms. The summed E-state index contributed by atoms with van der Waals surface area (Å²) in [5.41, 5.74) is 7.03. The zero-order valence-electron chi connectivity index (χ0n) is 12.4. The maximum Gasteiger partial charge on any atom is 0.270 e. The van der Waals surface area contributed by atoms with Gasteiger partial charge in [0, 0.05) is 44.8 Å². The molecule has 2 heterocycles. The van der Waals surface area contributed by atoms with Crippen molar-refractivity contribution in [2.75, 3.05) is 31.9 Å². The van der Waals surface area contributed by atoms with Gasteiger partial charge in [-0.25, -0.2) is 0 Å². The Kier molecular flexibility index (Phi) is 3.61. The zero-order valence-corrected chi connectivity index (χ0v) is 12.4. The van der Waals surface area contributed by atoms with E-state index in [0.29, 0.717) is 37.6 Å². The molecule has 21 heavy (non-hydrogen) atoms. The lowest BCUT2D eigenvalue weighted by atomic mass is 10.2. The average molecular weight is 290 g/mol. The number of aromatic nitrogens is 1. The van der Waals surface area contributed by atoms with Gasteiger partial charge in [0.05, 0.1) is 5.69 Å². The van der Waals surface area contributed by atoms with E-state index in [0.717, 1.165) is 19.4 Å². The molecule has 0 atom stereocenters. The van der Waals surface area contributed by atoms with E-state index in [-0.39, 0.29) is 17.7 Å². The number of hydrogen-bond acceptors (Lipinski definition) is 3. The number of anilines is 1. The quantitative estimate of drug-likeness (QED) is 0.894. The summed E-state index contributed by atoms with van der Waals surface area (Å²) < 4.78 is 1.87. The molecule has 3 rings (SSSR count). The van der Waals surface area contributed by atoms with Crippen LogP contribution in [0.5, 0.6) is 0 Å². The topological polar surface area (TPSA) is 71.6 Å². The Morgan fingerprint density at radius 1 is 1.19 bits per heavy atom. The maximum absolute atomic E-state index is 12.6. The van der Waals surface area contributed by atoms with Crippen LogP contribution in [0.4, 0.5) is 5.69 Å². The number of nitrogens with zero attached hydrogens (tertiary/aromatic N) is 3. The number of aryl methyl sites for hydroxylation is 1. The standard InChI is InChI=1S/C15H22N4O2/c1-2-17-10-12(16)9-13(17)15(21)19-7-5-18(6-8-19)14(20)11-3-4-11/h9-11H,2-8,16H2,1H3. The third-order valence-electron chi connectivity index (χ3n) is 4.28. The summed E-state index contributed by atoms with van der Waals surface area (Å²) in [5.74, 6) is 0.528. The van der Waals surface area contributed by atoms with Crippen LogP contribution in [0, 0.1) is 5.92 Å². The van der Waals surface area contributed by atoms with E-state index in [4.69, 9.17) is 5.73 Å². The highest BCUT2D eigenvalue weighted by atomic mass is 16.2. The molecule has 1 saturated heterocycles. The smallest absolute Gasteiger partial charge is 0.270 e. The number of amides is 2. The van der Waals surface area contributed by atoms with Crippen molar-refractivity contribution in [2.24, 2.45) is 5.92 Å². The summed E-state index contributed by atoms with van der Waals surface area (Å²) in [5, 5.41) is 0. The molecule has 6 nitrogen and oxygen atoms in total. The molecule has 0 bridgehead atoms. The Balaban J connectivity index is 1.63. The highest BCUT2D eigenvalue weighted by Gasteiger charge is 2.35. The van der Waals surface area contributed by atoms with Crippen molar-refractivity contribution >= 4 is 17.5 Å². The molecular weight excluding hydrogens is 268 g/mol. The Morgan fingerprint density at radius 2 is 1.81 bits per heavy atom. The fraction of sp³-hybridized carbons (Fsp3) is 0.600. The number of nitrogens with two attached hydrogens (primary N) is 1. The summed E-state index contributed by atoms with van der Waals surface area (Å²) in [6.07, 6.45) is 3.85. The summed E-state index contributed by atoms with van der Waals surface area (Å²) in [7, 11) is 0. The molecule has 1 aliphatic heterocycles. The molecule has 1 saturated carbocycles. The molecule has 2 aliphatic rings. The highest BCUT2D eigenvalue weighted by Crippen LogP contribution is 2.31. The number of nitrogen functional groups attached to an aromatic ring is 1. The molecule has 1 aromatic rings. The molecule has 1 aromatic heterocycles. The van der Waals surface area contributed by atoms with Crippen LogP contribution in [0.25, 0.3) is 0 Å². The Bertz CT molecular complexity index is 554. The van der Waals surface area contributed by atoms with Gasteiger partial charge in [0.2, 0.25) is 5.91 Å². The van der Waals surface area contributed by atoms with Crippen LogP contribution in [0.1, 0.15) is 30.3 Å². The minimum absolute atomic E-state index is 0.00655. The van der Waals surface area contributed by atoms with Gasteiger partial charge in [-0.15, -0.1) is 0 Å². The first kappa shape index (κ1) is 14.0. The van der Waals surface area contributed by atoms with Crippen molar-refractivity contribution in [3.63, 3.8) is 0 Å². The van der Waals surface area contributed by atoms with Crippen LogP contribution in [0.2, 0.25) is 0 Å². The highest BCUT2D eigenvalue weighted by molar-refractivity contribution is 5.94. The first-order valence-corrected chi connectivity index (χ1v) is 7.64. The lowest BCUT2D eigenvalue weighted by molar-refractivity contribution is -0.134. The van der Waals surface area contributed by atoms with E-state index in [1.54, 1.807) is 12.3 Å². The lowest BCUT2D eigenvalue weighted by Crippen LogP contribution is -2.51. The second-order valence-electron chi connectivity index (χ2n) is 5.84. The first-order chi connectivity index (χ1) is 10.1. The van der Waals surface area contributed by atoms with Gasteiger partial charge < -0.3 is 20.1 Å². The molecule has 0 radical (unpaired) electrons.